The van der Waals surface area contributed by atoms with Crippen LogP contribution in [-0.4, -0.2) is 34.1 Å². The number of nitrogens with zero attached hydrogens (tertiary/aromatic N) is 2. The second kappa shape index (κ2) is 4.57. The number of rotatable bonds is 3. The minimum Gasteiger partial charge on any atom is -0.308 e. The first-order valence-corrected chi connectivity index (χ1v) is 7.39. The smallest absolute Gasteiger partial charge is 0.0309 e. The van der Waals surface area contributed by atoms with Gasteiger partial charge in [0.05, 0.1) is 0 Å². The Kier molecular flexibility index (Phi) is 3.14. The number of piperazine rings is 1. The van der Waals surface area contributed by atoms with E-state index < -0.39 is 0 Å². The van der Waals surface area contributed by atoms with Crippen molar-refractivity contribution in [1.29, 1.82) is 0 Å². The van der Waals surface area contributed by atoms with Gasteiger partial charge in [-0.15, -0.1) is 0 Å². The molecule has 19 heavy (non-hydrogen) atoms. The van der Waals surface area contributed by atoms with E-state index in [2.05, 4.69) is 48.1 Å². The van der Waals surface area contributed by atoms with Gasteiger partial charge >= 0.3 is 0 Å². The van der Waals surface area contributed by atoms with Crippen LogP contribution in [0.25, 0.3) is 0 Å². The average Bonchev–Trinajstić information content (AvgIpc) is 3.20. The molecule has 0 aromatic carbocycles. The molecule has 0 bridgehead atoms. The first kappa shape index (κ1) is 13.1. The van der Waals surface area contributed by atoms with Gasteiger partial charge in [-0.1, -0.05) is 0 Å². The van der Waals surface area contributed by atoms with Crippen LogP contribution in [0, 0.1) is 5.92 Å². The minimum atomic E-state index is 0.220. The highest BCUT2D eigenvalue weighted by Crippen LogP contribution is 2.42. The number of nitrogens with one attached hydrogen (secondary N) is 1. The first-order valence-electron chi connectivity index (χ1n) is 7.39. The molecule has 1 saturated heterocycles. The van der Waals surface area contributed by atoms with Gasteiger partial charge < -0.3 is 5.32 Å². The monoisotopic (exact) mass is 259 g/mol. The van der Waals surface area contributed by atoms with E-state index >= 15 is 0 Å². The van der Waals surface area contributed by atoms with E-state index in [0.29, 0.717) is 5.54 Å². The lowest BCUT2D eigenvalue weighted by atomic mass is 9.86. The molecule has 2 aliphatic rings. The highest BCUT2D eigenvalue weighted by Gasteiger charge is 2.47. The van der Waals surface area contributed by atoms with Crippen LogP contribution in [0.4, 0.5) is 0 Å². The Balaban J connectivity index is 1.76. The van der Waals surface area contributed by atoms with E-state index in [1.807, 2.05) is 12.4 Å². The molecule has 2 heterocycles. The molecular weight excluding hydrogens is 234 g/mol. The van der Waals surface area contributed by atoms with Crippen molar-refractivity contribution in [3.63, 3.8) is 0 Å². The van der Waals surface area contributed by atoms with E-state index in [1.165, 1.54) is 18.4 Å². The Hall–Kier alpha value is -0.930. The lowest BCUT2D eigenvalue weighted by Gasteiger charge is -2.51. The molecule has 0 amide bonds. The molecule has 2 fully saturated rings. The third-order valence-corrected chi connectivity index (χ3v) is 4.90. The number of hydrogen-bond donors (Lipinski definition) is 1. The van der Waals surface area contributed by atoms with Crippen LogP contribution < -0.4 is 5.32 Å². The van der Waals surface area contributed by atoms with Crippen molar-refractivity contribution in [3.05, 3.63) is 30.1 Å². The normalized spacial score (nSPS) is 31.3. The van der Waals surface area contributed by atoms with Gasteiger partial charge in [0.2, 0.25) is 0 Å². The fourth-order valence-corrected chi connectivity index (χ4v) is 3.17. The number of hydrogen-bond acceptors (Lipinski definition) is 3. The third-order valence-electron chi connectivity index (χ3n) is 4.90. The molecule has 1 saturated carbocycles. The molecule has 1 aromatic rings. The largest absolute Gasteiger partial charge is 0.308 e. The molecule has 0 spiro atoms. The fourth-order valence-electron chi connectivity index (χ4n) is 3.17. The highest BCUT2D eigenvalue weighted by molar-refractivity contribution is 5.13. The van der Waals surface area contributed by atoms with Crippen molar-refractivity contribution in [2.45, 2.75) is 51.2 Å². The van der Waals surface area contributed by atoms with Crippen LogP contribution >= 0.6 is 0 Å². The standard InChI is InChI=1S/C16H25N3/c1-15(2)11-18-16(3,14-4-5-14)12-19(15)10-13-6-8-17-9-7-13/h6-9,14,18H,4-5,10-12H2,1-3H3. The molecule has 104 valence electrons. The Morgan fingerprint density at radius 3 is 2.58 bits per heavy atom. The predicted molar refractivity (Wildman–Crippen MR) is 77.9 cm³/mol. The van der Waals surface area contributed by atoms with E-state index in [4.69, 9.17) is 0 Å². The summed E-state index contributed by atoms with van der Waals surface area (Å²) in [6, 6.07) is 4.26. The summed E-state index contributed by atoms with van der Waals surface area (Å²) in [6.45, 7) is 10.3. The molecule has 1 aliphatic carbocycles. The average molecular weight is 259 g/mol. The summed E-state index contributed by atoms with van der Waals surface area (Å²) in [4.78, 5) is 6.75. The van der Waals surface area contributed by atoms with Gasteiger partial charge in [0, 0.05) is 43.1 Å². The minimum absolute atomic E-state index is 0.220. The molecule has 3 nitrogen and oxygen atoms in total. The quantitative estimate of drug-likeness (QED) is 0.903. The zero-order valence-corrected chi connectivity index (χ0v) is 12.3. The number of pyridine rings is 1. The van der Waals surface area contributed by atoms with Gasteiger partial charge in [-0.3, -0.25) is 9.88 Å². The van der Waals surface area contributed by atoms with E-state index in [0.717, 1.165) is 25.6 Å². The van der Waals surface area contributed by atoms with Gasteiger partial charge in [0.15, 0.2) is 0 Å². The zero-order chi connectivity index (χ0) is 13.5. The van der Waals surface area contributed by atoms with Crippen LogP contribution in [0.15, 0.2) is 24.5 Å². The van der Waals surface area contributed by atoms with Gasteiger partial charge in [-0.2, -0.15) is 0 Å². The second-order valence-corrected chi connectivity index (χ2v) is 7.07. The van der Waals surface area contributed by atoms with Crippen LogP contribution in [-0.2, 0) is 6.54 Å². The lowest BCUT2D eigenvalue weighted by Crippen LogP contribution is -2.67. The zero-order valence-electron chi connectivity index (χ0n) is 12.3. The van der Waals surface area contributed by atoms with E-state index in [1.54, 1.807) is 0 Å². The molecule has 1 aromatic heterocycles. The Morgan fingerprint density at radius 1 is 1.26 bits per heavy atom. The Morgan fingerprint density at radius 2 is 1.95 bits per heavy atom. The van der Waals surface area contributed by atoms with Crippen LogP contribution in [0.3, 0.4) is 0 Å². The second-order valence-electron chi connectivity index (χ2n) is 7.07. The Labute approximate surface area is 116 Å². The predicted octanol–water partition coefficient (Wildman–Crippen LogP) is 2.43. The van der Waals surface area contributed by atoms with Gasteiger partial charge in [-0.25, -0.2) is 0 Å². The molecule has 0 radical (unpaired) electrons. The summed E-state index contributed by atoms with van der Waals surface area (Å²) >= 11 is 0. The molecule has 1 unspecified atom stereocenters. The fraction of sp³-hybridized carbons (Fsp3) is 0.688. The summed E-state index contributed by atoms with van der Waals surface area (Å²) in [5, 5.41) is 3.81. The molecule has 1 N–H and O–H groups in total. The highest BCUT2D eigenvalue weighted by atomic mass is 15.3. The Bertz CT molecular complexity index is 439. The molecule has 1 aliphatic heterocycles. The van der Waals surface area contributed by atoms with Crippen molar-refractivity contribution in [2.24, 2.45) is 5.92 Å². The maximum atomic E-state index is 4.11. The van der Waals surface area contributed by atoms with Gasteiger partial charge in [0.1, 0.15) is 0 Å². The topological polar surface area (TPSA) is 28.2 Å². The summed E-state index contributed by atoms with van der Waals surface area (Å²) in [7, 11) is 0. The summed E-state index contributed by atoms with van der Waals surface area (Å²) in [6.07, 6.45) is 6.58. The molecule has 1 atom stereocenters. The summed E-state index contributed by atoms with van der Waals surface area (Å²) < 4.78 is 0. The van der Waals surface area contributed by atoms with Gasteiger partial charge in [0.25, 0.3) is 0 Å². The van der Waals surface area contributed by atoms with Crippen LogP contribution in [0.1, 0.15) is 39.2 Å². The summed E-state index contributed by atoms with van der Waals surface area (Å²) in [5.41, 5.74) is 1.89. The first-order chi connectivity index (χ1) is 9.00. The maximum absolute atomic E-state index is 4.11. The molecular formula is C16H25N3. The van der Waals surface area contributed by atoms with E-state index in [-0.39, 0.29) is 5.54 Å². The van der Waals surface area contributed by atoms with Gasteiger partial charge in [-0.05, 0) is 57.2 Å². The van der Waals surface area contributed by atoms with Crippen LogP contribution in [0.2, 0.25) is 0 Å². The lowest BCUT2D eigenvalue weighted by molar-refractivity contribution is 0.0178. The van der Waals surface area contributed by atoms with E-state index in [9.17, 15) is 0 Å². The third kappa shape index (κ3) is 2.67. The summed E-state index contributed by atoms with van der Waals surface area (Å²) in [5.74, 6) is 0.878. The maximum Gasteiger partial charge on any atom is 0.0309 e. The number of aromatic nitrogens is 1. The SMILES string of the molecule is CC1(C2CC2)CN(Cc2ccncc2)C(C)(C)CN1. The van der Waals surface area contributed by atoms with Crippen molar-refractivity contribution in [3.8, 4) is 0 Å². The van der Waals surface area contributed by atoms with Crippen molar-refractivity contribution < 1.29 is 0 Å². The van der Waals surface area contributed by atoms with Crippen molar-refractivity contribution in [2.75, 3.05) is 13.1 Å². The van der Waals surface area contributed by atoms with Crippen molar-refractivity contribution >= 4 is 0 Å². The van der Waals surface area contributed by atoms with Crippen molar-refractivity contribution in [1.82, 2.24) is 15.2 Å². The molecule has 3 rings (SSSR count). The molecule has 3 heteroatoms. The van der Waals surface area contributed by atoms with Crippen LogP contribution in [0.5, 0.6) is 0 Å².